The molecule has 104 valence electrons. The maximum absolute atomic E-state index is 11.9. The van der Waals surface area contributed by atoms with Crippen molar-refractivity contribution >= 4 is 12.0 Å². The van der Waals surface area contributed by atoms with Crippen LogP contribution in [-0.2, 0) is 4.79 Å². The lowest BCUT2D eigenvalue weighted by Crippen LogP contribution is -2.42. The molecule has 2 unspecified atom stereocenters. The zero-order chi connectivity index (χ0) is 13.7. The Bertz CT molecular complexity index is 307. The molecule has 6 heteroatoms. The summed E-state index contributed by atoms with van der Waals surface area (Å²) in [5.74, 6) is -0.871. The molecule has 0 aromatic rings. The van der Waals surface area contributed by atoms with Crippen molar-refractivity contribution in [3.8, 4) is 0 Å². The molecule has 0 radical (unpaired) electrons. The molecule has 0 saturated carbocycles. The minimum atomic E-state index is -0.828. The fourth-order valence-corrected chi connectivity index (χ4v) is 2.09. The normalized spacial score (nSPS) is 21.1. The van der Waals surface area contributed by atoms with Crippen LogP contribution in [0.5, 0.6) is 0 Å². The van der Waals surface area contributed by atoms with E-state index in [1.165, 1.54) is 0 Å². The molecule has 2 atom stereocenters. The Kier molecular flexibility index (Phi) is 5.40. The predicted molar refractivity (Wildman–Crippen MR) is 68.5 cm³/mol. The number of likely N-dealkylation sites (tertiary alicyclic amines) is 1. The number of amides is 2. The largest absolute Gasteiger partial charge is 0.481 e. The summed E-state index contributed by atoms with van der Waals surface area (Å²) in [7, 11) is 4.03. The van der Waals surface area contributed by atoms with Crippen LogP contribution in [0.3, 0.4) is 0 Å². The highest BCUT2D eigenvalue weighted by atomic mass is 16.4. The molecular weight excluding hydrogens is 234 g/mol. The highest BCUT2D eigenvalue weighted by molar-refractivity contribution is 5.74. The van der Waals surface area contributed by atoms with Crippen molar-refractivity contribution < 1.29 is 14.7 Å². The van der Waals surface area contributed by atoms with Crippen LogP contribution in [0.1, 0.15) is 19.8 Å². The molecule has 0 aromatic heterocycles. The van der Waals surface area contributed by atoms with E-state index in [1.54, 1.807) is 4.90 Å². The third kappa shape index (κ3) is 4.52. The van der Waals surface area contributed by atoms with Crippen LogP contribution < -0.4 is 5.32 Å². The summed E-state index contributed by atoms with van der Waals surface area (Å²) in [6, 6.07) is 0.337. The first-order chi connectivity index (χ1) is 8.40. The third-order valence-corrected chi connectivity index (χ3v) is 3.31. The number of carbonyl (C=O) groups excluding carboxylic acids is 1. The summed E-state index contributed by atoms with van der Waals surface area (Å²) in [6.07, 6.45) is 1.08. The molecule has 2 N–H and O–H groups in total. The molecule has 0 bridgehead atoms. The third-order valence-electron chi connectivity index (χ3n) is 3.31. The van der Waals surface area contributed by atoms with Crippen LogP contribution in [0, 0.1) is 5.92 Å². The van der Waals surface area contributed by atoms with Crippen molar-refractivity contribution in [1.82, 2.24) is 15.1 Å². The Morgan fingerprint density at radius 2 is 2.17 bits per heavy atom. The van der Waals surface area contributed by atoms with Gasteiger partial charge in [0, 0.05) is 32.1 Å². The van der Waals surface area contributed by atoms with E-state index < -0.39 is 5.97 Å². The number of carboxylic acid groups (broad SMARTS) is 1. The van der Waals surface area contributed by atoms with E-state index in [-0.39, 0.29) is 18.4 Å². The van der Waals surface area contributed by atoms with Gasteiger partial charge in [-0.1, -0.05) is 6.92 Å². The van der Waals surface area contributed by atoms with Gasteiger partial charge in [-0.2, -0.15) is 0 Å². The van der Waals surface area contributed by atoms with Crippen molar-refractivity contribution in [3.63, 3.8) is 0 Å². The summed E-state index contributed by atoms with van der Waals surface area (Å²) in [5.41, 5.74) is 0. The number of urea groups is 1. The van der Waals surface area contributed by atoms with Gasteiger partial charge in [-0.05, 0) is 26.4 Å². The second-order valence-electron chi connectivity index (χ2n) is 5.24. The van der Waals surface area contributed by atoms with Crippen molar-refractivity contribution in [2.24, 2.45) is 5.92 Å². The first-order valence-corrected chi connectivity index (χ1v) is 6.31. The Morgan fingerprint density at radius 3 is 2.67 bits per heavy atom. The van der Waals surface area contributed by atoms with Gasteiger partial charge in [0.1, 0.15) is 0 Å². The molecule has 2 amide bonds. The number of carboxylic acids is 1. The van der Waals surface area contributed by atoms with Crippen LogP contribution >= 0.6 is 0 Å². The van der Waals surface area contributed by atoms with Gasteiger partial charge in [-0.25, -0.2) is 4.79 Å². The Balaban J connectivity index is 2.27. The number of rotatable bonds is 5. The molecule has 0 aromatic carbocycles. The number of carbonyl (C=O) groups is 2. The number of nitrogens with one attached hydrogen (secondary N) is 1. The maximum Gasteiger partial charge on any atom is 0.317 e. The molecule has 6 nitrogen and oxygen atoms in total. The van der Waals surface area contributed by atoms with Gasteiger partial charge < -0.3 is 20.2 Å². The molecule has 18 heavy (non-hydrogen) atoms. The van der Waals surface area contributed by atoms with Crippen LogP contribution in [0.25, 0.3) is 0 Å². The van der Waals surface area contributed by atoms with Crippen LogP contribution in [0.2, 0.25) is 0 Å². The van der Waals surface area contributed by atoms with Gasteiger partial charge in [0.05, 0.1) is 0 Å². The number of likely N-dealkylation sites (N-methyl/N-ethyl adjacent to an activating group) is 1. The lowest BCUT2D eigenvalue weighted by Gasteiger charge is -2.21. The molecule has 1 saturated heterocycles. The number of hydrogen-bond acceptors (Lipinski definition) is 3. The van der Waals surface area contributed by atoms with Gasteiger partial charge >= 0.3 is 12.0 Å². The quantitative estimate of drug-likeness (QED) is 0.749. The van der Waals surface area contributed by atoms with Gasteiger partial charge in [0.15, 0.2) is 0 Å². The van der Waals surface area contributed by atoms with E-state index in [0.29, 0.717) is 12.6 Å². The van der Waals surface area contributed by atoms with Crippen molar-refractivity contribution in [1.29, 1.82) is 0 Å². The molecule has 1 aliphatic heterocycles. The summed E-state index contributed by atoms with van der Waals surface area (Å²) in [6.45, 7) is 3.74. The molecule has 0 spiro atoms. The van der Waals surface area contributed by atoms with Crippen LogP contribution in [-0.4, -0.2) is 66.7 Å². The van der Waals surface area contributed by atoms with Gasteiger partial charge in [0.25, 0.3) is 0 Å². The van der Waals surface area contributed by atoms with E-state index in [1.807, 2.05) is 21.0 Å². The summed E-state index contributed by atoms with van der Waals surface area (Å²) in [4.78, 5) is 26.3. The van der Waals surface area contributed by atoms with Crippen LogP contribution in [0.4, 0.5) is 4.79 Å². The van der Waals surface area contributed by atoms with Gasteiger partial charge in [0.2, 0.25) is 0 Å². The van der Waals surface area contributed by atoms with E-state index >= 15 is 0 Å². The van der Waals surface area contributed by atoms with E-state index in [9.17, 15) is 9.59 Å². The monoisotopic (exact) mass is 257 g/mol. The molecular formula is C12H23N3O3. The lowest BCUT2D eigenvalue weighted by atomic mass is 10.1. The van der Waals surface area contributed by atoms with Crippen LogP contribution in [0.15, 0.2) is 0 Å². The minimum Gasteiger partial charge on any atom is -0.481 e. The Hall–Kier alpha value is -1.30. The molecule has 1 aliphatic rings. The van der Waals surface area contributed by atoms with E-state index in [0.717, 1.165) is 19.5 Å². The summed E-state index contributed by atoms with van der Waals surface area (Å²) >= 11 is 0. The topological polar surface area (TPSA) is 72.9 Å². The lowest BCUT2D eigenvalue weighted by molar-refractivity contribution is -0.137. The summed E-state index contributed by atoms with van der Waals surface area (Å²) in [5, 5.41) is 11.4. The predicted octanol–water partition coefficient (Wildman–Crippen LogP) is 0.443. The average molecular weight is 257 g/mol. The fraction of sp³-hybridized carbons (Fsp3) is 0.833. The standard InChI is InChI=1S/C12H23N3O3/c1-9(6-11(16)17)7-13-12(18)15-5-4-10(8-15)14(2)3/h9-10H,4-8H2,1-3H3,(H,13,18)(H,16,17). The highest BCUT2D eigenvalue weighted by Gasteiger charge is 2.27. The molecule has 1 rings (SSSR count). The Morgan fingerprint density at radius 1 is 1.50 bits per heavy atom. The maximum atomic E-state index is 11.9. The van der Waals surface area contributed by atoms with Crippen molar-refractivity contribution in [3.05, 3.63) is 0 Å². The second-order valence-corrected chi connectivity index (χ2v) is 5.24. The van der Waals surface area contributed by atoms with E-state index in [4.69, 9.17) is 5.11 Å². The van der Waals surface area contributed by atoms with Gasteiger partial charge in [-0.3, -0.25) is 4.79 Å². The first-order valence-electron chi connectivity index (χ1n) is 6.31. The number of hydrogen-bond donors (Lipinski definition) is 2. The molecule has 1 heterocycles. The summed E-state index contributed by atoms with van der Waals surface area (Å²) < 4.78 is 0. The van der Waals surface area contributed by atoms with Crippen molar-refractivity contribution in [2.75, 3.05) is 33.7 Å². The van der Waals surface area contributed by atoms with Crippen molar-refractivity contribution in [2.45, 2.75) is 25.8 Å². The fourth-order valence-electron chi connectivity index (χ4n) is 2.09. The van der Waals surface area contributed by atoms with Gasteiger partial charge in [-0.15, -0.1) is 0 Å². The first kappa shape index (κ1) is 14.8. The molecule has 0 aliphatic carbocycles. The molecule has 1 fully saturated rings. The second kappa shape index (κ2) is 6.58. The average Bonchev–Trinajstić information content (AvgIpc) is 2.74. The smallest absolute Gasteiger partial charge is 0.317 e. The number of aliphatic carboxylic acids is 1. The Labute approximate surface area is 108 Å². The highest BCUT2D eigenvalue weighted by Crippen LogP contribution is 2.13. The zero-order valence-electron chi connectivity index (χ0n) is 11.3. The number of nitrogens with zero attached hydrogens (tertiary/aromatic N) is 2. The minimum absolute atomic E-state index is 0.0429. The zero-order valence-corrected chi connectivity index (χ0v) is 11.3. The van der Waals surface area contributed by atoms with E-state index in [2.05, 4.69) is 10.2 Å². The SMILES string of the molecule is CC(CNC(=O)N1CCC(N(C)C)C1)CC(=O)O.